The van der Waals surface area contributed by atoms with E-state index in [2.05, 4.69) is 0 Å². The Morgan fingerprint density at radius 1 is 1.80 bits per heavy atom. The van der Waals surface area contributed by atoms with Gasteiger partial charge in [0.15, 0.2) is 0 Å². The minimum atomic E-state index is -0.853. The van der Waals surface area contributed by atoms with Gasteiger partial charge in [-0.1, -0.05) is 11.6 Å². The number of aliphatic carboxylic acids is 1. The second-order valence-electron chi connectivity index (χ2n) is 2.24. The normalized spacial score (nSPS) is 14.9. The fourth-order valence-corrected chi connectivity index (χ4v) is 0.563. The second-order valence-corrected chi connectivity index (χ2v) is 2.24. The van der Waals surface area contributed by atoms with Crippen LogP contribution in [0, 0.1) is 0 Å². The van der Waals surface area contributed by atoms with Crippen LogP contribution in [0.4, 0.5) is 0 Å². The first-order chi connectivity index (χ1) is 4.57. The van der Waals surface area contributed by atoms with Gasteiger partial charge >= 0.3 is 5.97 Å². The van der Waals surface area contributed by atoms with Crippen molar-refractivity contribution in [3.8, 4) is 0 Å². The van der Waals surface area contributed by atoms with Gasteiger partial charge in [-0.05, 0) is 13.8 Å². The summed E-state index contributed by atoms with van der Waals surface area (Å²) < 4.78 is 0. The van der Waals surface area contributed by atoms with Gasteiger partial charge < -0.3 is 10.8 Å². The largest absolute Gasteiger partial charge is 0.481 e. The first kappa shape index (κ1) is 9.17. The molecule has 0 radical (unpaired) electrons. The highest BCUT2D eigenvalue weighted by atomic mass is 16.4. The molecule has 0 aromatic rings. The van der Waals surface area contributed by atoms with Crippen LogP contribution in [0.3, 0.4) is 0 Å². The fraction of sp³-hybridized carbons (Fsp3) is 0.571. The maximum atomic E-state index is 10.1. The molecule has 0 aromatic heterocycles. The Labute approximate surface area is 60.5 Å². The van der Waals surface area contributed by atoms with Gasteiger partial charge in [0.1, 0.15) is 0 Å². The number of hydrogen-bond acceptors (Lipinski definition) is 2. The molecular formula is C7H13NO2. The number of hydrogen-bond donors (Lipinski definition) is 2. The Bertz CT molecular complexity index is 152. The highest BCUT2D eigenvalue weighted by molar-refractivity contribution is 5.68. The Kier molecular flexibility index (Phi) is 3.72. The lowest BCUT2D eigenvalue weighted by Crippen LogP contribution is -2.24. The lowest BCUT2D eigenvalue weighted by Gasteiger charge is -2.07. The number of allylic oxidation sites excluding steroid dienone is 1. The van der Waals surface area contributed by atoms with E-state index in [4.69, 9.17) is 10.8 Å². The molecular weight excluding hydrogens is 130 g/mol. The van der Waals surface area contributed by atoms with Crippen molar-refractivity contribution in [2.75, 3.05) is 0 Å². The minimum Gasteiger partial charge on any atom is -0.481 e. The summed E-state index contributed by atoms with van der Waals surface area (Å²) in [6.45, 7) is 3.67. The molecule has 0 saturated heterocycles. The van der Waals surface area contributed by atoms with E-state index in [1.165, 1.54) is 0 Å². The molecule has 0 aliphatic carbocycles. The average Bonchev–Trinajstić information content (AvgIpc) is 1.85. The third kappa shape index (κ3) is 3.25. The fourth-order valence-electron chi connectivity index (χ4n) is 0.563. The standard InChI is InChI=1S/C7H13NO2/c1-3-5(2)6(8)4-7(9)10/h3,6H,4,8H2,1-2H3,(H,9,10)/b5-3+. The van der Waals surface area contributed by atoms with Crippen molar-refractivity contribution in [3.05, 3.63) is 11.6 Å². The van der Waals surface area contributed by atoms with E-state index in [1.807, 2.05) is 19.9 Å². The molecule has 0 saturated carbocycles. The van der Waals surface area contributed by atoms with Crippen molar-refractivity contribution in [1.82, 2.24) is 0 Å². The van der Waals surface area contributed by atoms with Crippen molar-refractivity contribution in [1.29, 1.82) is 0 Å². The monoisotopic (exact) mass is 143 g/mol. The summed E-state index contributed by atoms with van der Waals surface area (Å²) in [6.07, 6.45) is 1.84. The van der Waals surface area contributed by atoms with Crippen LogP contribution in [0.15, 0.2) is 11.6 Å². The summed E-state index contributed by atoms with van der Waals surface area (Å²) in [5.74, 6) is -0.853. The molecule has 3 nitrogen and oxygen atoms in total. The Balaban J connectivity index is 3.85. The van der Waals surface area contributed by atoms with Crippen molar-refractivity contribution in [2.24, 2.45) is 5.73 Å². The number of rotatable bonds is 3. The van der Waals surface area contributed by atoms with Gasteiger partial charge in [-0.25, -0.2) is 0 Å². The predicted octanol–water partition coefficient (Wildman–Crippen LogP) is 0.755. The predicted molar refractivity (Wildman–Crippen MR) is 39.7 cm³/mol. The number of carboxylic acid groups (broad SMARTS) is 1. The Morgan fingerprint density at radius 2 is 2.30 bits per heavy atom. The third-order valence-corrected chi connectivity index (χ3v) is 1.43. The molecule has 0 spiro atoms. The zero-order valence-corrected chi connectivity index (χ0v) is 6.29. The van der Waals surface area contributed by atoms with Crippen LogP contribution in [-0.2, 0) is 4.79 Å². The smallest absolute Gasteiger partial charge is 0.305 e. The molecule has 1 atom stereocenters. The van der Waals surface area contributed by atoms with E-state index in [0.29, 0.717) is 0 Å². The van der Waals surface area contributed by atoms with Gasteiger partial charge in [-0.3, -0.25) is 4.79 Å². The van der Waals surface area contributed by atoms with E-state index in [0.717, 1.165) is 5.57 Å². The number of carbonyl (C=O) groups is 1. The minimum absolute atomic E-state index is 0.0101. The molecule has 10 heavy (non-hydrogen) atoms. The van der Waals surface area contributed by atoms with Gasteiger partial charge in [0.25, 0.3) is 0 Å². The molecule has 0 rings (SSSR count). The first-order valence-corrected chi connectivity index (χ1v) is 3.18. The third-order valence-electron chi connectivity index (χ3n) is 1.43. The summed E-state index contributed by atoms with van der Waals surface area (Å²) in [5.41, 5.74) is 6.40. The van der Waals surface area contributed by atoms with Crippen LogP contribution in [0.1, 0.15) is 20.3 Å². The van der Waals surface area contributed by atoms with Gasteiger partial charge in [0.05, 0.1) is 6.42 Å². The van der Waals surface area contributed by atoms with Crippen LogP contribution < -0.4 is 5.73 Å². The Hall–Kier alpha value is -0.830. The van der Waals surface area contributed by atoms with Crippen LogP contribution in [-0.4, -0.2) is 17.1 Å². The lowest BCUT2D eigenvalue weighted by molar-refractivity contribution is -0.137. The summed E-state index contributed by atoms with van der Waals surface area (Å²) in [5, 5.41) is 8.32. The lowest BCUT2D eigenvalue weighted by atomic mass is 10.1. The molecule has 0 bridgehead atoms. The quantitative estimate of drug-likeness (QED) is 0.573. The van der Waals surface area contributed by atoms with Gasteiger partial charge in [0.2, 0.25) is 0 Å². The highest BCUT2D eigenvalue weighted by Crippen LogP contribution is 2.01. The second kappa shape index (κ2) is 4.06. The van der Waals surface area contributed by atoms with E-state index in [9.17, 15) is 4.79 Å². The van der Waals surface area contributed by atoms with Crippen molar-refractivity contribution >= 4 is 5.97 Å². The van der Waals surface area contributed by atoms with Crippen molar-refractivity contribution in [3.63, 3.8) is 0 Å². The maximum Gasteiger partial charge on any atom is 0.305 e. The molecule has 0 aliphatic heterocycles. The van der Waals surface area contributed by atoms with Gasteiger partial charge in [-0.2, -0.15) is 0 Å². The molecule has 0 amide bonds. The first-order valence-electron chi connectivity index (χ1n) is 3.18. The van der Waals surface area contributed by atoms with E-state index in [-0.39, 0.29) is 12.5 Å². The molecule has 58 valence electrons. The SMILES string of the molecule is C/C=C(\C)C(N)CC(=O)O. The Morgan fingerprint density at radius 3 is 2.60 bits per heavy atom. The van der Waals surface area contributed by atoms with E-state index >= 15 is 0 Å². The molecule has 0 heterocycles. The van der Waals surface area contributed by atoms with Crippen LogP contribution in [0.25, 0.3) is 0 Å². The summed E-state index contributed by atoms with van der Waals surface area (Å²) in [6, 6.07) is -0.331. The number of nitrogens with two attached hydrogens (primary N) is 1. The zero-order valence-electron chi connectivity index (χ0n) is 6.29. The summed E-state index contributed by atoms with van der Waals surface area (Å²) >= 11 is 0. The highest BCUT2D eigenvalue weighted by Gasteiger charge is 2.07. The number of carboxylic acids is 1. The molecule has 0 fully saturated rings. The zero-order chi connectivity index (χ0) is 8.15. The molecule has 1 unspecified atom stereocenters. The summed E-state index contributed by atoms with van der Waals surface area (Å²) in [7, 11) is 0. The average molecular weight is 143 g/mol. The van der Waals surface area contributed by atoms with Gasteiger partial charge in [0, 0.05) is 6.04 Å². The molecule has 3 heteroatoms. The molecule has 3 N–H and O–H groups in total. The van der Waals surface area contributed by atoms with Crippen molar-refractivity contribution in [2.45, 2.75) is 26.3 Å². The van der Waals surface area contributed by atoms with Gasteiger partial charge in [-0.15, -0.1) is 0 Å². The van der Waals surface area contributed by atoms with E-state index < -0.39 is 5.97 Å². The van der Waals surface area contributed by atoms with Crippen molar-refractivity contribution < 1.29 is 9.90 Å². The van der Waals surface area contributed by atoms with Crippen LogP contribution in [0.2, 0.25) is 0 Å². The molecule has 0 aromatic carbocycles. The molecule has 0 aliphatic rings. The van der Waals surface area contributed by atoms with E-state index in [1.54, 1.807) is 0 Å². The summed E-state index contributed by atoms with van der Waals surface area (Å²) in [4.78, 5) is 10.1. The topological polar surface area (TPSA) is 63.3 Å². The van der Waals surface area contributed by atoms with Crippen LogP contribution >= 0.6 is 0 Å². The van der Waals surface area contributed by atoms with Crippen LogP contribution in [0.5, 0.6) is 0 Å². The maximum absolute atomic E-state index is 10.1.